The molecule has 0 radical (unpaired) electrons. The number of ether oxygens (including phenoxy) is 2. The predicted octanol–water partition coefficient (Wildman–Crippen LogP) is -1.15. The molecule has 0 saturated carbocycles. The summed E-state index contributed by atoms with van der Waals surface area (Å²) in [6, 6.07) is 1.89. The van der Waals surface area contributed by atoms with Crippen LogP contribution in [0.4, 0.5) is 0 Å². The second-order valence-corrected chi connectivity index (χ2v) is 3.86. The summed E-state index contributed by atoms with van der Waals surface area (Å²) in [5.74, 6) is -0.283. The SMILES string of the molecule is N#C/C(=C/NCCOCCO)C(=O)N1CCOCC1. The van der Waals surface area contributed by atoms with E-state index in [0.717, 1.165) is 0 Å². The Kier molecular flexibility index (Phi) is 7.58. The lowest BCUT2D eigenvalue weighted by Gasteiger charge is -2.26. The molecule has 0 aliphatic carbocycles. The highest BCUT2D eigenvalue weighted by Gasteiger charge is 2.20. The number of hydrogen-bond acceptors (Lipinski definition) is 6. The van der Waals surface area contributed by atoms with Gasteiger partial charge in [-0.3, -0.25) is 4.79 Å². The van der Waals surface area contributed by atoms with E-state index in [9.17, 15) is 4.79 Å². The highest BCUT2D eigenvalue weighted by molar-refractivity contribution is 5.97. The van der Waals surface area contributed by atoms with Crippen molar-refractivity contribution in [2.24, 2.45) is 0 Å². The molecule has 1 aliphatic rings. The fourth-order valence-electron chi connectivity index (χ4n) is 1.55. The van der Waals surface area contributed by atoms with Gasteiger partial charge in [0.05, 0.1) is 33.0 Å². The quantitative estimate of drug-likeness (QED) is 0.344. The van der Waals surface area contributed by atoms with Crippen LogP contribution in [-0.4, -0.2) is 68.6 Å². The van der Waals surface area contributed by atoms with Crippen molar-refractivity contribution in [1.29, 1.82) is 5.26 Å². The minimum Gasteiger partial charge on any atom is -0.394 e. The molecule has 0 aromatic heterocycles. The Labute approximate surface area is 112 Å². The van der Waals surface area contributed by atoms with Crippen molar-refractivity contribution in [3.8, 4) is 6.07 Å². The van der Waals surface area contributed by atoms with Gasteiger partial charge in [-0.15, -0.1) is 0 Å². The van der Waals surface area contributed by atoms with Crippen molar-refractivity contribution in [3.63, 3.8) is 0 Å². The number of morpholine rings is 1. The van der Waals surface area contributed by atoms with E-state index in [-0.39, 0.29) is 24.7 Å². The first-order valence-electron chi connectivity index (χ1n) is 6.19. The number of amides is 1. The van der Waals surface area contributed by atoms with E-state index >= 15 is 0 Å². The Morgan fingerprint density at radius 1 is 1.47 bits per heavy atom. The molecule has 1 rings (SSSR count). The van der Waals surface area contributed by atoms with Gasteiger partial charge < -0.3 is 24.8 Å². The summed E-state index contributed by atoms with van der Waals surface area (Å²) in [7, 11) is 0. The number of aliphatic hydroxyl groups excluding tert-OH is 1. The highest BCUT2D eigenvalue weighted by atomic mass is 16.5. The zero-order chi connectivity index (χ0) is 13.9. The van der Waals surface area contributed by atoms with E-state index in [4.69, 9.17) is 19.8 Å². The van der Waals surface area contributed by atoms with Gasteiger partial charge >= 0.3 is 0 Å². The van der Waals surface area contributed by atoms with Crippen LogP contribution in [0.1, 0.15) is 0 Å². The lowest BCUT2D eigenvalue weighted by atomic mass is 10.2. The maximum absolute atomic E-state index is 12.0. The predicted molar refractivity (Wildman–Crippen MR) is 67.0 cm³/mol. The van der Waals surface area contributed by atoms with Gasteiger partial charge in [-0.25, -0.2) is 0 Å². The number of hydrogen-bond donors (Lipinski definition) is 2. The molecule has 7 heteroatoms. The Morgan fingerprint density at radius 2 is 2.21 bits per heavy atom. The first kappa shape index (κ1) is 15.4. The smallest absolute Gasteiger partial charge is 0.266 e. The van der Waals surface area contributed by atoms with E-state index in [1.807, 2.05) is 6.07 Å². The zero-order valence-corrected chi connectivity index (χ0v) is 10.8. The van der Waals surface area contributed by atoms with Gasteiger partial charge in [0.2, 0.25) is 0 Å². The second kappa shape index (κ2) is 9.33. The van der Waals surface area contributed by atoms with Crippen LogP contribution in [0.5, 0.6) is 0 Å². The van der Waals surface area contributed by atoms with E-state index in [1.54, 1.807) is 4.90 Å². The fourth-order valence-corrected chi connectivity index (χ4v) is 1.55. The molecule has 2 N–H and O–H groups in total. The molecular weight excluding hydrogens is 250 g/mol. The minimum absolute atomic E-state index is 0.0190. The van der Waals surface area contributed by atoms with Gasteiger partial charge in [0.15, 0.2) is 0 Å². The first-order chi connectivity index (χ1) is 9.29. The van der Waals surface area contributed by atoms with Crippen molar-refractivity contribution in [1.82, 2.24) is 10.2 Å². The summed E-state index contributed by atoms with van der Waals surface area (Å²) in [4.78, 5) is 13.6. The number of nitrogens with one attached hydrogen (secondary N) is 1. The van der Waals surface area contributed by atoms with Crippen molar-refractivity contribution in [3.05, 3.63) is 11.8 Å². The summed E-state index contributed by atoms with van der Waals surface area (Å²) in [5.41, 5.74) is 0.0732. The second-order valence-electron chi connectivity index (χ2n) is 3.86. The number of nitriles is 1. The molecule has 1 saturated heterocycles. The van der Waals surface area contributed by atoms with Gasteiger partial charge in [-0.2, -0.15) is 5.26 Å². The topological polar surface area (TPSA) is 94.8 Å². The van der Waals surface area contributed by atoms with Crippen LogP contribution in [0, 0.1) is 11.3 Å². The van der Waals surface area contributed by atoms with Crippen molar-refractivity contribution in [2.75, 3.05) is 52.7 Å². The Hall–Kier alpha value is -1.62. The van der Waals surface area contributed by atoms with E-state index < -0.39 is 0 Å². The Balaban J connectivity index is 2.34. The van der Waals surface area contributed by atoms with Crippen LogP contribution in [0.2, 0.25) is 0 Å². The maximum Gasteiger partial charge on any atom is 0.266 e. The van der Waals surface area contributed by atoms with E-state index in [1.165, 1.54) is 6.20 Å². The first-order valence-corrected chi connectivity index (χ1v) is 6.19. The molecule has 1 aliphatic heterocycles. The molecule has 0 unspecified atom stereocenters. The number of nitrogens with zero attached hydrogens (tertiary/aromatic N) is 2. The monoisotopic (exact) mass is 269 g/mol. The molecule has 1 amide bonds. The van der Waals surface area contributed by atoms with Gasteiger partial charge in [0.25, 0.3) is 5.91 Å². The van der Waals surface area contributed by atoms with Crippen LogP contribution in [0.3, 0.4) is 0 Å². The summed E-state index contributed by atoms with van der Waals surface area (Å²) < 4.78 is 10.2. The maximum atomic E-state index is 12.0. The van der Waals surface area contributed by atoms with Crippen LogP contribution in [0.15, 0.2) is 11.8 Å². The molecule has 106 valence electrons. The minimum atomic E-state index is -0.283. The van der Waals surface area contributed by atoms with E-state index in [0.29, 0.717) is 39.5 Å². The molecule has 7 nitrogen and oxygen atoms in total. The molecule has 1 heterocycles. The van der Waals surface area contributed by atoms with Crippen molar-refractivity contribution in [2.45, 2.75) is 0 Å². The average Bonchev–Trinajstić information content (AvgIpc) is 2.47. The zero-order valence-electron chi connectivity index (χ0n) is 10.8. The summed E-state index contributed by atoms with van der Waals surface area (Å²) >= 11 is 0. The number of carbonyl (C=O) groups excluding carboxylic acids is 1. The summed E-state index contributed by atoms with van der Waals surface area (Å²) in [5, 5.41) is 20.3. The number of carbonyl (C=O) groups is 1. The van der Waals surface area contributed by atoms with E-state index in [2.05, 4.69) is 5.32 Å². The molecular formula is C12H19N3O4. The molecule has 1 fully saturated rings. The standard InChI is InChI=1S/C12H19N3O4/c13-9-11(10-14-1-5-18-8-4-16)12(17)15-2-6-19-7-3-15/h10,14,16H,1-8H2/b11-10-. The molecule has 0 atom stereocenters. The van der Waals surface area contributed by atoms with Crippen molar-refractivity contribution < 1.29 is 19.4 Å². The summed E-state index contributed by atoms with van der Waals surface area (Å²) in [6.45, 7) is 3.18. The molecule has 0 aromatic rings. The normalized spacial score (nSPS) is 16.0. The third kappa shape index (κ3) is 5.70. The largest absolute Gasteiger partial charge is 0.394 e. The summed E-state index contributed by atoms with van der Waals surface area (Å²) in [6.07, 6.45) is 1.40. The Morgan fingerprint density at radius 3 is 2.84 bits per heavy atom. The highest BCUT2D eigenvalue weighted by Crippen LogP contribution is 2.03. The van der Waals surface area contributed by atoms with Crippen LogP contribution >= 0.6 is 0 Å². The van der Waals surface area contributed by atoms with Gasteiger partial charge in [0, 0.05) is 25.8 Å². The van der Waals surface area contributed by atoms with Crippen LogP contribution < -0.4 is 5.32 Å². The van der Waals surface area contributed by atoms with Gasteiger partial charge in [-0.1, -0.05) is 0 Å². The third-order valence-electron chi connectivity index (χ3n) is 2.52. The van der Waals surface area contributed by atoms with Crippen LogP contribution in [-0.2, 0) is 14.3 Å². The fraction of sp³-hybridized carbons (Fsp3) is 0.667. The Bertz CT molecular complexity index is 345. The lowest BCUT2D eigenvalue weighted by Crippen LogP contribution is -2.41. The molecule has 0 spiro atoms. The van der Waals surface area contributed by atoms with Gasteiger partial charge in [0.1, 0.15) is 11.6 Å². The lowest BCUT2D eigenvalue weighted by molar-refractivity contribution is -0.130. The van der Waals surface area contributed by atoms with Gasteiger partial charge in [-0.05, 0) is 0 Å². The van der Waals surface area contributed by atoms with Crippen LogP contribution in [0.25, 0.3) is 0 Å². The molecule has 0 aromatic carbocycles. The molecule has 19 heavy (non-hydrogen) atoms. The average molecular weight is 269 g/mol. The van der Waals surface area contributed by atoms with Crippen molar-refractivity contribution >= 4 is 5.91 Å². The number of rotatable bonds is 7. The third-order valence-corrected chi connectivity index (χ3v) is 2.52. The molecule has 0 bridgehead atoms. The number of aliphatic hydroxyl groups is 1.